The molecule has 616 valence electrons. The predicted octanol–water partition coefficient (Wildman–Crippen LogP) is 16.8. The number of amides is 7. The summed E-state index contributed by atoms with van der Waals surface area (Å²) in [5.74, 6) is 0.817. The van der Waals surface area contributed by atoms with E-state index in [0.717, 1.165) is 35.6 Å². The minimum atomic E-state index is -1.48. The minimum absolute atomic E-state index is 0.0363. The number of nitrogens with zero attached hydrogens (tertiary/aromatic N) is 12. The van der Waals surface area contributed by atoms with Gasteiger partial charge >= 0.3 is 24.2 Å². The fourth-order valence-electron chi connectivity index (χ4n) is 10.6. The van der Waals surface area contributed by atoms with Crippen LogP contribution in [-0.4, -0.2) is 205 Å². The van der Waals surface area contributed by atoms with Crippen LogP contribution in [0.2, 0.25) is 71.5 Å². The number of nitrogen functional groups attached to an aromatic ring is 1. The normalized spacial score (nSPS) is 12.9. The quantitative estimate of drug-likeness (QED) is 0.0121. The van der Waals surface area contributed by atoms with E-state index >= 15 is 0 Å². The van der Waals surface area contributed by atoms with Crippen LogP contribution in [0.15, 0.2) is 98.6 Å². The first kappa shape index (κ1) is 92.9. The Morgan fingerprint density at radius 3 is 1.21 bits per heavy atom. The van der Waals surface area contributed by atoms with Crippen LogP contribution in [0.25, 0.3) is 0 Å². The van der Waals surface area contributed by atoms with Gasteiger partial charge in [0, 0.05) is 105 Å². The van der Waals surface area contributed by atoms with Gasteiger partial charge < -0.3 is 68.2 Å². The molecule has 4 heterocycles. The second-order valence-electron chi connectivity index (χ2n) is 29.7. The third-order valence-corrected chi connectivity index (χ3v) is 21.5. The second kappa shape index (κ2) is 41.9. The molecule has 30 nitrogen and oxygen atoms in total. The highest BCUT2D eigenvalue weighted by molar-refractivity contribution is 6.76. The van der Waals surface area contributed by atoms with E-state index in [9.17, 15) is 28.8 Å². The van der Waals surface area contributed by atoms with Crippen LogP contribution >= 0.6 is 58.0 Å². The van der Waals surface area contributed by atoms with Crippen LogP contribution in [0.5, 0.6) is 23.0 Å². The van der Waals surface area contributed by atoms with Crippen molar-refractivity contribution >= 4 is 178 Å². The number of rotatable bonds is 27. The molecule has 8 rings (SSSR count). The standard InChI is InChI=1S/C38H51Cl2N7O8Si.C35H49Cl2N7O7Si.C3H3ClO/c1-11-32(48)43-26-20-25(45-14-16-53-17-15-45)12-13-27(26)47(37(50)55-38(2,3)4)31-22-30(41-23-42-31)44(5)36(49)46(24-54-18-19-56(8,9)10)35-33(39)28(51-6)21-29(52-7)34(35)40;1-35(2,3)51-34(46)44(25-11-10-23(18-24(25)38)42-12-14-49-15-13-42)29-20-28(39-21-40-29)41(4)33(45)43(22-50-16-17-52(7,8)9)32-30(36)26(47-5)19-27(48-6)31(32)37;1-2-3(4)5/h11-13,20-23H,1,14-19,24H2,2-10H3,(H,43,48);10-11,18-21H,12-17,22,38H2,1-9H3;2H,1H2. The zero-order valence-corrected chi connectivity index (χ0v) is 73.0. The number of carbonyl (C=O) groups is 6. The monoisotopic (exact) mass is 1700 g/mol. The van der Waals surface area contributed by atoms with Crippen molar-refractivity contribution in [3.63, 3.8) is 0 Å². The first-order valence-electron chi connectivity index (χ1n) is 35.7. The van der Waals surface area contributed by atoms with E-state index in [1.807, 2.05) is 12.1 Å². The molecule has 2 aromatic heterocycles. The summed E-state index contributed by atoms with van der Waals surface area (Å²) in [5, 5.41) is 2.60. The molecule has 2 aliphatic rings. The van der Waals surface area contributed by atoms with Crippen LogP contribution in [-0.2, 0) is 38.0 Å². The molecule has 0 aliphatic carbocycles. The smallest absolute Gasteiger partial charge is 0.420 e. The van der Waals surface area contributed by atoms with Crippen LogP contribution < -0.4 is 69.2 Å². The van der Waals surface area contributed by atoms with Gasteiger partial charge in [-0.3, -0.25) is 29.2 Å². The zero-order chi connectivity index (χ0) is 84.0. The lowest BCUT2D eigenvalue weighted by Crippen LogP contribution is -2.44. The molecular formula is C76H103Cl5N14O16Si2. The summed E-state index contributed by atoms with van der Waals surface area (Å²) < 4.78 is 56.7. The van der Waals surface area contributed by atoms with Crippen LogP contribution in [0.1, 0.15) is 41.5 Å². The Balaban J connectivity index is 0.000000333. The first-order valence-corrected chi connectivity index (χ1v) is 45.0. The molecule has 2 saturated heterocycles. The topological polar surface area (TPSA) is 310 Å². The van der Waals surface area contributed by atoms with Crippen LogP contribution in [0.4, 0.5) is 87.9 Å². The highest BCUT2D eigenvalue weighted by atomic mass is 35.5. The molecule has 113 heavy (non-hydrogen) atoms. The SMILES string of the molecule is C=CC(=O)Cl.C=CC(=O)Nc1cc(N2CCOCC2)ccc1N(C(=O)OC(C)(C)C)c1cc(N(C)C(=O)N(COCC[Si](C)(C)C)c2c(Cl)c(OC)cc(OC)c2Cl)ncn1.COc1cc(OC)c(Cl)c(N(COCC[Si](C)(C)C)C(=O)N(C)c2cc(N(C(=O)OC(C)(C)C)c3ccc(N4CCOCC4)cc3N)ncn2)c1Cl. The molecule has 0 bridgehead atoms. The van der Waals surface area contributed by atoms with Crippen LogP contribution in [0.3, 0.4) is 0 Å². The summed E-state index contributed by atoms with van der Waals surface area (Å²) >= 11 is 31.9. The first-order chi connectivity index (χ1) is 53.1. The molecule has 3 N–H and O–H groups in total. The lowest BCUT2D eigenvalue weighted by atomic mass is 10.1. The Kier molecular flexibility index (Phi) is 34.5. The summed E-state index contributed by atoms with van der Waals surface area (Å²) in [5.41, 5.74) is 7.94. The number of aromatic nitrogens is 4. The highest BCUT2D eigenvalue weighted by Crippen LogP contribution is 2.49. The van der Waals surface area contributed by atoms with E-state index in [0.29, 0.717) is 77.2 Å². The largest absolute Gasteiger partial charge is 0.495 e. The van der Waals surface area contributed by atoms with Gasteiger partial charge in [0.15, 0.2) is 0 Å². The predicted molar refractivity (Wildman–Crippen MR) is 454 cm³/mol. The summed E-state index contributed by atoms with van der Waals surface area (Å²) in [6.45, 7) is 35.8. The molecule has 2 fully saturated rings. The van der Waals surface area contributed by atoms with Gasteiger partial charge in [-0.15, -0.1) is 0 Å². The van der Waals surface area contributed by atoms with E-state index in [4.69, 9.17) is 111 Å². The zero-order valence-electron chi connectivity index (χ0n) is 67.3. The summed E-state index contributed by atoms with van der Waals surface area (Å²) in [7, 11) is 5.84. The number of benzene rings is 4. The maximum absolute atomic E-state index is 14.6. The number of nitrogens with one attached hydrogen (secondary N) is 1. The Morgan fingerprint density at radius 1 is 0.540 bits per heavy atom. The minimum Gasteiger partial charge on any atom is -0.495 e. The second-order valence-corrected chi connectivity index (χ2v) is 42.8. The molecule has 0 atom stereocenters. The number of urea groups is 2. The van der Waals surface area contributed by atoms with Crippen molar-refractivity contribution in [1.82, 2.24) is 19.9 Å². The Hall–Kier alpha value is -8.94. The Bertz CT molecular complexity index is 4270. The van der Waals surface area contributed by atoms with E-state index in [1.54, 1.807) is 65.8 Å². The number of hydrogen-bond donors (Lipinski definition) is 2. The average molecular weight is 1700 g/mol. The Labute approximate surface area is 688 Å². The molecule has 0 spiro atoms. The number of methoxy groups -OCH3 is 4. The number of hydrogen-bond acceptors (Lipinski definition) is 23. The van der Waals surface area contributed by atoms with Crippen molar-refractivity contribution in [3.05, 3.63) is 119 Å². The number of morpholine rings is 2. The van der Waals surface area contributed by atoms with Gasteiger partial charge in [0.05, 0.1) is 89.0 Å². The van der Waals surface area contributed by atoms with Crippen molar-refractivity contribution in [1.29, 1.82) is 0 Å². The Morgan fingerprint density at radius 2 is 0.885 bits per heavy atom. The molecule has 0 radical (unpaired) electrons. The highest BCUT2D eigenvalue weighted by Gasteiger charge is 2.36. The fourth-order valence-corrected chi connectivity index (χ4v) is 13.5. The number of ether oxygens (including phenoxy) is 10. The molecule has 37 heteroatoms. The van der Waals surface area contributed by atoms with Crippen molar-refractivity contribution in [2.75, 3.05) is 172 Å². The molecule has 4 aromatic carbocycles. The average Bonchev–Trinajstić information content (AvgIpc) is 0.786. The van der Waals surface area contributed by atoms with Gasteiger partial charge in [-0.25, -0.2) is 48.9 Å². The number of nitrogens with two attached hydrogens (primary N) is 1. The number of allylic oxidation sites excluding steroid dienone is 1. The number of carbonyl (C=O) groups excluding carboxylic acids is 6. The van der Waals surface area contributed by atoms with Gasteiger partial charge in [0.1, 0.15) is 104 Å². The van der Waals surface area contributed by atoms with Crippen molar-refractivity contribution < 1.29 is 76.1 Å². The lowest BCUT2D eigenvalue weighted by molar-refractivity contribution is -0.112. The van der Waals surface area contributed by atoms with Gasteiger partial charge in [-0.1, -0.05) is 98.8 Å². The molecule has 7 amide bonds. The van der Waals surface area contributed by atoms with Crippen LogP contribution in [0, 0.1) is 0 Å². The molecule has 0 unspecified atom stereocenters. The fraction of sp³-hybridized carbons (Fsp3) is 0.447. The molecular weight excluding hydrogens is 1600 g/mol. The molecule has 0 saturated carbocycles. The number of anilines is 12. The van der Waals surface area contributed by atoms with Crippen molar-refractivity contribution in [3.8, 4) is 23.0 Å². The van der Waals surface area contributed by atoms with E-state index in [1.165, 1.54) is 109 Å². The van der Waals surface area contributed by atoms with Crippen molar-refractivity contribution in [2.45, 2.75) is 104 Å². The van der Waals surface area contributed by atoms with Crippen molar-refractivity contribution in [2.24, 2.45) is 0 Å². The molecule has 6 aromatic rings. The maximum atomic E-state index is 14.6. The summed E-state index contributed by atoms with van der Waals surface area (Å²) in [6.07, 6.45) is 3.10. The van der Waals surface area contributed by atoms with E-state index in [-0.39, 0.29) is 103 Å². The third-order valence-electron chi connectivity index (χ3n) is 16.5. The van der Waals surface area contributed by atoms with E-state index < -0.39 is 62.7 Å². The summed E-state index contributed by atoms with van der Waals surface area (Å²) in [6, 6.07) is 17.1. The molecule has 2 aliphatic heterocycles. The van der Waals surface area contributed by atoms with E-state index in [2.05, 4.69) is 87.5 Å². The van der Waals surface area contributed by atoms with Gasteiger partial charge in [-0.05, 0) is 114 Å². The third kappa shape index (κ3) is 26.6. The maximum Gasteiger partial charge on any atom is 0.420 e. The van der Waals surface area contributed by atoms with Gasteiger partial charge in [-0.2, -0.15) is 0 Å². The van der Waals surface area contributed by atoms with Gasteiger partial charge in [0.25, 0.3) is 0 Å². The lowest BCUT2D eigenvalue weighted by Gasteiger charge is -2.32. The van der Waals surface area contributed by atoms with Gasteiger partial charge in [0.2, 0.25) is 11.1 Å². The summed E-state index contributed by atoms with van der Waals surface area (Å²) in [4.78, 5) is 108. The number of halogens is 5.